The fraction of sp³-hybridized carbons (Fsp3) is 0.643. The van der Waals surface area contributed by atoms with Gasteiger partial charge in [0.25, 0.3) is 0 Å². The summed E-state index contributed by atoms with van der Waals surface area (Å²) < 4.78 is 5.72. The molecule has 1 aliphatic heterocycles. The lowest BCUT2D eigenvalue weighted by Gasteiger charge is -2.29. The number of amides is 1. The van der Waals surface area contributed by atoms with E-state index in [9.17, 15) is 4.79 Å². The van der Waals surface area contributed by atoms with Gasteiger partial charge in [-0.05, 0) is 31.5 Å². The van der Waals surface area contributed by atoms with E-state index in [1.54, 1.807) is 0 Å². The normalized spacial score (nSPS) is 20.4. The summed E-state index contributed by atoms with van der Waals surface area (Å²) in [7, 11) is 0. The molecule has 0 bridgehead atoms. The summed E-state index contributed by atoms with van der Waals surface area (Å²) in [5, 5.41) is 3.22. The third-order valence-electron chi connectivity index (χ3n) is 3.41. The fourth-order valence-electron chi connectivity index (χ4n) is 2.33. The molecule has 1 amide bonds. The van der Waals surface area contributed by atoms with Crippen molar-refractivity contribution in [3.05, 3.63) is 23.7 Å². The molecule has 0 aliphatic carbocycles. The molecule has 0 saturated carbocycles. The summed E-state index contributed by atoms with van der Waals surface area (Å²) in [6.45, 7) is 7.21. The third kappa shape index (κ3) is 3.13. The molecule has 4 nitrogen and oxygen atoms in total. The Morgan fingerprint density at radius 1 is 1.44 bits per heavy atom. The van der Waals surface area contributed by atoms with Gasteiger partial charge in [-0.1, -0.05) is 13.8 Å². The Balaban J connectivity index is 1.92. The highest BCUT2D eigenvalue weighted by Gasteiger charge is 2.25. The predicted octanol–water partition coefficient (Wildman–Crippen LogP) is 2.15. The maximum absolute atomic E-state index is 12.0. The Kier molecular flexibility index (Phi) is 4.42. The van der Waals surface area contributed by atoms with Crippen molar-refractivity contribution >= 4 is 5.91 Å². The summed E-state index contributed by atoms with van der Waals surface area (Å²) in [5.74, 6) is 2.23. The van der Waals surface area contributed by atoms with Crippen LogP contribution in [0.2, 0.25) is 0 Å². The Morgan fingerprint density at radius 2 is 2.22 bits per heavy atom. The zero-order chi connectivity index (χ0) is 13.0. The minimum Gasteiger partial charge on any atom is -0.463 e. The lowest BCUT2D eigenvalue weighted by Crippen LogP contribution is -2.39. The van der Waals surface area contributed by atoms with Gasteiger partial charge in [-0.25, -0.2) is 0 Å². The Labute approximate surface area is 108 Å². The zero-order valence-corrected chi connectivity index (χ0v) is 11.2. The first kappa shape index (κ1) is 13.1. The second-order valence-electron chi connectivity index (χ2n) is 4.95. The van der Waals surface area contributed by atoms with E-state index in [0.29, 0.717) is 6.54 Å². The van der Waals surface area contributed by atoms with Crippen LogP contribution < -0.4 is 5.32 Å². The Morgan fingerprint density at radius 3 is 3.00 bits per heavy atom. The van der Waals surface area contributed by atoms with Crippen LogP contribution in [0.25, 0.3) is 0 Å². The number of carbonyl (C=O) groups excluding carboxylic acids is 1. The van der Waals surface area contributed by atoms with E-state index in [4.69, 9.17) is 4.42 Å². The van der Waals surface area contributed by atoms with Gasteiger partial charge >= 0.3 is 0 Å². The van der Waals surface area contributed by atoms with Crippen LogP contribution in [0.3, 0.4) is 0 Å². The van der Waals surface area contributed by atoms with Crippen LogP contribution in [0.15, 0.2) is 16.5 Å². The van der Waals surface area contributed by atoms with Crippen LogP contribution in [0, 0.1) is 5.92 Å². The van der Waals surface area contributed by atoms with Crippen molar-refractivity contribution in [1.82, 2.24) is 10.2 Å². The maximum atomic E-state index is 12.0. The number of hydrogen-bond donors (Lipinski definition) is 1. The quantitative estimate of drug-likeness (QED) is 0.871. The predicted molar refractivity (Wildman–Crippen MR) is 69.9 cm³/mol. The third-order valence-corrected chi connectivity index (χ3v) is 3.41. The van der Waals surface area contributed by atoms with Gasteiger partial charge in [-0.2, -0.15) is 0 Å². The van der Waals surface area contributed by atoms with Gasteiger partial charge in [0.2, 0.25) is 5.91 Å². The van der Waals surface area contributed by atoms with Crippen LogP contribution in [0.1, 0.15) is 38.2 Å². The summed E-state index contributed by atoms with van der Waals surface area (Å²) in [6, 6.07) is 3.95. The number of likely N-dealkylation sites (tertiary alicyclic amines) is 1. The second-order valence-corrected chi connectivity index (χ2v) is 4.95. The molecule has 2 heterocycles. The molecule has 0 aromatic carbocycles. The molecule has 1 atom stereocenters. The van der Waals surface area contributed by atoms with Crippen LogP contribution in [-0.2, 0) is 17.9 Å². The average molecular weight is 250 g/mol. The molecule has 1 saturated heterocycles. The van der Waals surface area contributed by atoms with Crippen LogP contribution >= 0.6 is 0 Å². The van der Waals surface area contributed by atoms with Gasteiger partial charge in [-0.15, -0.1) is 0 Å². The largest absolute Gasteiger partial charge is 0.463 e. The molecule has 4 heteroatoms. The van der Waals surface area contributed by atoms with Gasteiger partial charge in [0.15, 0.2) is 0 Å². The van der Waals surface area contributed by atoms with Crippen LogP contribution in [0.5, 0.6) is 0 Å². The first-order valence-electron chi connectivity index (χ1n) is 6.77. The topological polar surface area (TPSA) is 45.5 Å². The van der Waals surface area contributed by atoms with Gasteiger partial charge in [0.1, 0.15) is 11.5 Å². The monoisotopic (exact) mass is 250 g/mol. The minimum absolute atomic E-state index is 0.162. The maximum Gasteiger partial charge on any atom is 0.225 e. The minimum atomic E-state index is 0.162. The zero-order valence-electron chi connectivity index (χ0n) is 11.2. The van der Waals surface area contributed by atoms with E-state index in [2.05, 4.69) is 12.2 Å². The van der Waals surface area contributed by atoms with Crippen molar-refractivity contribution in [3.63, 3.8) is 0 Å². The molecule has 0 radical (unpaired) electrons. The van der Waals surface area contributed by atoms with Gasteiger partial charge in [0.05, 0.1) is 13.1 Å². The average Bonchev–Trinajstić information content (AvgIpc) is 2.80. The van der Waals surface area contributed by atoms with Gasteiger partial charge in [-0.3, -0.25) is 4.79 Å². The summed E-state index contributed by atoms with van der Waals surface area (Å²) >= 11 is 0. The van der Waals surface area contributed by atoms with Crippen molar-refractivity contribution in [2.45, 2.75) is 39.8 Å². The lowest BCUT2D eigenvalue weighted by molar-refractivity contribution is -0.138. The Hall–Kier alpha value is -1.29. The molecule has 0 spiro atoms. The highest BCUT2D eigenvalue weighted by Crippen LogP contribution is 2.20. The van der Waals surface area contributed by atoms with E-state index in [0.717, 1.165) is 44.0 Å². The molecule has 1 aromatic heterocycles. The van der Waals surface area contributed by atoms with Gasteiger partial charge in [0, 0.05) is 12.5 Å². The molecule has 1 aliphatic rings. The standard InChI is InChI=1S/C14H22N2O2/c1-3-15-9-12-6-7-13(18-12)10-16-8-4-5-11(2)14(16)17/h6-7,11,15H,3-5,8-10H2,1-2H3. The van der Waals surface area contributed by atoms with E-state index in [1.165, 1.54) is 0 Å². The summed E-state index contributed by atoms with van der Waals surface area (Å²) in [5.41, 5.74) is 0. The molecule has 1 aromatic rings. The SMILES string of the molecule is CCNCc1ccc(CN2CCCC(C)C2=O)o1. The molecule has 1 N–H and O–H groups in total. The number of rotatable bonds is 5. The number of nitrogens with zero attached hydrogens (tertiary/aromatic N) is 1. The van der Waals surface area contributed by atoms with Crippen molar-refractivity contribution in [1.29, 1.82) is 0 Å². The summed E-state index contributed by atoms with van der Waals surface area (Å²) in [6.07, 6.45) is 2.11. The van der Waals surface area contributed by atoms with Crippen molar-refractivity contribution in [3.8, 4) is 0 Å². The number of hydrogen-bond acceptors (Lipinski definition) is 3. The number of furan rings is 1. The second kappa shape index (κ2) is 6.05. The van der Waals surface area contributed by atoms with Crippen LogP contribution in [0.4, 0.5) is 0 Å². The van der Waals surface area contributed by atoms with Crippen molar-refractivity contribution in [2.24, 2.45) is 5.92 Å². The van der Waals surface area contributed by atoms with E-state index < -0.39 is 0 Å². The van der Waals surface area contributed by atoms with Crippen molar-refractivity contribution < 1.29 is 9.21 Å². The molecule has 18 heavy (non-hydrogen) atoms. The number of piperidine rings is 1. The highest BCUT2D eigenvalue weighted by atomic mass is 16.3. The van der Waals surface area contributed by atoms with Crippen molar-refractivity contribution in [2.75, 3.05) is 13.1 Å². The molecule has 1 fully saturated rings. The Bertz CT molecular complexity index is 400. The smallest absolute Gasteiger partial charge is 0.225 e. The molecular weight excluding hydrogens is 228 g/mol. The lowest BCUT2D eigenvalue weighted by atomic mass is 9.99. The number of nitrogens with one attached hydrogen (secondary N) is 1. The highest BCUT2D eigenvalue weighted by molar-refractivity contribution is 5.79. The fourth-order valence-corrected chi connectivity index (χ4v) is 2.33. The molecule has 1 unspecified atom stereocenters. The first-order valence-corrected chi connectivity index (χ1v) is 6.77. The molecule has 100 valence electrons. The van der Waals surface area contributed by atoms with E-state index in [1.807, 2.05) is 24.0 Å². The number of carbonyl (C=O) groups is 1. The van der Waals surface area contributed by atoms with Crippen LogP contribution in [-0.4, -0.2) is 23.9 Å². The van der Waals surface area contributed by atoms with Gasteiger partial charge < -0.3 is 14.6 Å². The van der Waals surface area contributed by atoms with E-state index in [-0.39, 0.29) is 11.8 Å². The first-order chi connectivity index (χ1) is 8.70. The molecular formula is C14H22N2O2. The van der Waals surface area contributed by atoms with E-state index >= 15 is 0 Å². The molecule has 2 rings (SSSR count). The summed E-state index contributed by atoms with van der Waals surface area (Å²) in [4.78, 5) is 13.9.